The molecule has 5 nitrogen and oxygen atoms in total. The summed E-state index contributed by atoms with van der Waals surface area (Å²) >= 11 is 1.77. The average Bonchev–Trinajstić information content (AvgIpc) is 3.09. The number of aromatic nitrogens is 2. The summed E-state index contributed by atoms with van der Waals surface area (Å²) in [6.45, 7) is 0.228. The SMILES string of the molecule is CN(C)C(=O)CNc1nc(/C=C/c2ccccc2)nc2sc3c(c12)CCCC3. The zero-order valence-electron chi connectivity index (χ0n) is 16.2. The molecule has 0 atom stereocenters. The highest BCUT2D eigenvalue weighted by atomic mass is 32.1. The molecule has 6 heteroatoms. The Morgan fingerprint density at radius 2 is 1.93 bits per heavy atom. The van der Waals surface area contributed by atoms with Crippen molar-refractivity contribution >= 4 is 45.4 Å². The number of hydrogen-bond acceptors (Lipinski definition) is 5. The summed E-state index contributed by atoms with van der Waals surface area (Å²) in [4.78, 5) is 25.7. The minimum Gasteiger partial charge on any atom is -0.360 e. The maximum atomic E-state index is 12.1. The van der Waals surface area contributed by atoms with E-state index in [4.69, 9.17) is 9.97 Å². The summed E-state index contributed by atoms with van der Waals surface area (Å²) in [5.41, 5.74) is 2.47. The predicted molar refractivity (Wildman–Crippen MR) is 117 cm³/mol. The Kier molecular flexibility index (Phi) is 5.39. The fraction of sp³-hybridized carbons (Fsp3) is 0.318. The first kappa shape index (κ1) is 18.6. The number of nitrogens with zero attached hydrogens (tertiary/aromatic N) is 3. The third kappa shape index (κ3) is 3.92. The molecule has 0 radical (unpaired) electrons. The van der Waals surface area contributed by atoms with Gasteiger partial charge in [0.2, 0.25) is 5.91 Å². The van der Waals surface area contributed by atoms with Gasteiger partial charge in [0, 0.05) is 19.0 Å². The Morgan fingerprint density at radius 3 is 2.71 bits per heavy atom. The van der Waals surface area contributed by atoms with Crippen LogP contribution in [0.3, 0.4) is 0 Å². The largest absolute Gasteiger partial charge is 0.360 e. The highest BCUT2D eigenvalue weighted by Gasteiger charge is 2.21. The first-order valence-corrected chi connectivity index (χ1v) is 10.4. The Morgan fingerprint density at radius 1 is 1.14 bits per heavy atom. The number of nitrogens with one attached hydrogen (secondary N) is 1. The molecule has 0 bridgehead atoms. The zero-order valence-corrected chi connectivity index (χ0v) is 17.1. The number of fused-ring (bicyclic) bond motifs is 3. The lowest BCUT2D eigenvalue weighted by atomic mass is 9.97. The van der Waals surface area contributed by atoms with E-state index in [0.29, 0.717) is 5.82 Å². The molecule has 1 amide bonds. The van der Waals surface area contributed by atoms with Gasteiger partial charge in [-0.15, -0.1) is 11.3 Å². The van der Waals surface area contributed by atoms with Crippen LogP contribution in [0, 0.1) is 0 Å². The van der Waals surface area contributed by atoms with Crippen LogP contribution in [0.5, 0.6) is 0 Å². The van der Waals surface area contributed by atoms with Crippen molar-refractivity contribution in [1.82, 2.24) is 14.9 Å². The Bertz CT molecular complexity index is 1020. The monoisotopic (exact) mass is 392 g/mol. The Balaban J connectivity index is 1.73. The summed E-state index contributed by atoms with van der Waals surface area (Å²) in [7, 11) is 3.53. The molecule has 0 fully saturated rings. The number of likely N-dealkylation sites (N-methyl/N-ethyl adjacent to an activating group) is 1. The second kappa shape index (κ2) is 8.10. The minimum atomic E-state index is 0.0252. The molecule has 2 heterocycles. The second-order valence-corrected chi connectivity index (χ2v) is 8.29. The van der Waals surface area contributed by atoms with Crippen LogP contribution in [0.2, 0.25) is 0 Å². The quantitative estimate of drug-likeness (QED) is 0.706. The molecule has 28 heavy (non-hydrogen) atoms. The lowest BCUT2D eigenvalue weighted by Crippen LogP contribution is -2.29. The van der Waals surface area contributed by atoms with Crippen LogP contribution in [-0.2, 0) is 17.6 Å². The number of aryl methyl sites for hydroxylation is 2. The van der Waals surface area contributed by atoms with Gasteiger partial charge in [0.25, 0.3) is 0 Å². The van der Waals surface area contributed by atoms with Crippen LogP contribution >= 0.6 is 11.3 Å². The molecule has 1 aliphatic rings. The molecule has 0 saturated heterocycles. The van der Waals surface area contributed by atoms with E-state index in [2.05, 4.69) is 5.32 Å². The smallest absolute Gasteiger partial charge is 0.241 e. The highest BCUT2D eigenvalue weighted by Crippen LogP contribution is 2.38. The van der Waals surface area contributed by atoms with Crippen LogP contribution in [0.4, 0.5) is 5.82 Å². The van der Waals surface area contributed by atoms with Crippen molar-refractivity contribution in [3.63, 3.8) is 0 Å². The van der Waals surface area contributed by atoms with Gasteiger partial charge >= 0.3 is 0 Å². The number of benzene rings is 1. The van der Waals surface area contributed by atoms with Crippen LogP contribution in [0.1, 0.15) is 34.7 Å². The van der Waals surface area contributed by atoms with E-state index in [1.54, 1.807) is 30.3 Å². The minimum absolute atomic E-state index is 0.0252. The molecule has 3 aromatic rings. The van der Waals surface area contributed by atoms with Gasteiger partial charge in [-0.2, -0.15) is 0 Å². The van der Waals surface area contributed by atoms with Crippen molar-refractivity contribution in [2.75, 3.05) is 26.0 Å². The van der Waals surface area contributed by atoms with E-state index < -0.39 is 0 Å². The van der Waals surface area contributed by atoms with Crippen molar-refractivity contribution in [1.29, 1.82) is 0 Å². The average molecular weight is 393 g/mol. The van der Waals surface area contributed by atoms with Crippen LogP contribution in [0.25, 0.3) is 22.4 Å². The van der Waals surface area contributed by atoms with Gasteiger partial charge < -0.3 is 10.2 Å². The summed E-state index contributed by atoms with van der Waals surface area (Å²) in [5.74, 6) is 1.46. The van der Waals surface area contributed by atoms with Crippen LogP contribution < -0.4 is 5.32 Å². The van der Waals surface area contributed by atoms with E-state index >= 15 is 0 Å². The number of carbonyl (C=O) groups excluding carboxylic acids is 1. The number of rotatable bonds is 5. The van der Waals surface area contributed by atoms with E-state index in [1.165, 1.54) is 23.3 Å². The second-order valence-electron chi connectivity index (χ2n) is 7.21. The lowest BCUT2D eigenvalue weighted by molar-refractivity contribution is -0.126. The van der Waals surface area contributed by atoms with Crippen LogP contribution in [-0.4, -0.2) is 41.4 Å². The summed E-state index contributed by atoms with van der Waals surface area (Å²) in [6.07, 6.45) is 8.56. The normalized spacial score (nSPS) is 13.6. The molecule has 1 aliphatic carbocycles. The third-order valence-electron chi connectivity index (χ3n) is 4.96. The predicted octanol–water partition coefficient (Wildman–Crippen LogP) is 4.24. The highest BCUT2D eigenvalue weighted by molar-refractivity contribution is 7.19. The van der Waals surface area contributed by atoms with Gasteiger partial charge in [0.1, 0.15) is 10.6 Å². The number of amides is 1. The Hall–Kier alpha value is -2.73. The number of carbonyl (C=O) groups is 1. The molecule has 144 valence electrons. The first-order valence-electron chi connectivity index (χ1n) is 9.61. The van der Waals surface area contributed by atoms with Gasteiger partial charge in [0.05, 0.1) is 11.9 Å². The van der Waals surface area contributed by atoms with Crippen LogP contribution in [0.15, 0.2) is 30.3 Å². The maximum absolute atomic E-state index is 12.1. The molecule has 2 aromatic heterocycles. The molecular weight excluding hydrogens is 368 g/mol. The van der Waals surface area contributed by atoms with E-state index in [9.17, 15) is 4.79 Å². The van der Waals surface area contributed by atoms with Crippen molar-refractivity contribution < 1.29 is 4.79 Å². The topological polar surface area (TPSA) is 58.1 Å². The van der Waals surface area contributed by atoms with Crippen molar-refractivity contribution in [2.45, 2.75) is 25.7 Å². The van der Waals surface area contributed by atoms with Crippen molar-refractivity contribution in [2.24, 2.45) is 0 Å². The fourth-order valence-corrected chi connectivity index (χ4v) is 4.70. The molecule has 1 aromatic carbocycles. The number of anilines is 1. The van der Waals surface area contributed by atoms with Crippen molar-refractivity contribution in [3.05, 3.63) is 52.2 Å². The fourth-order valence-electron chi connectivity index (χ4n) is 3.43. The molecular formula is C22H24N4OS. The van der Waals surface area contributed by atoms with Gasteiger partial charge in [-0.05, 0) is 42.9 Å². The molecule has 0 saturated carbocycles. The third-order valence-corrected chi connectivity index (χ3v) is 6.15. The maximum Gasteiger partial charge on any atom is 0.241 e. The summed E-state index contributed by atoms with van der Waals surface area (Å²) in [5, 5.41) is 4.37. The molecule has 4 rings (SSSR count). The number of hydrogen-bond donors (Lipinski definition) is 1. The summed E-state index contributed by atoms with van der Waals surface area (Å²) < 4.78 is 0. The molecule has 0 unspecified atom stereocenters. The zero-order chi connectivity index (χ0) is 19.5. The van der Waals surface area contributed by atoms with Crippen molar-refractivity contribution in [3.8, 4) is 0 Å². The number of thiophene rings is 1. The van der Waals surface area contributed by atoms with E-state index in [0.717, 1.165) is 34.4 Å². The van der Waals surface area contributed by atoms with E-state index in [1.807, 2.05) is 42.5 Å². The lowest BCUT2D eigenvalue weighted by Gasteiger charge is -2.14. The van der Waals surface area contributed by atoms with E-state index in [-0.39, 0.29) is 12.5 Å². The van der Waals surface area contributed by atoms with Gasteiger partial charge in [-0.1, -0.05) is 36.4 Å². The molecule has 1 N–H and O–H groups in total. The van der Waals surface area contributed by atoms with Gasteiger partial charge in [-0.3, -0.25) is 4.79 Å². The molecule has 0 spiro atoms. The Labute approximate surface area is 169 Å². The molecule has 0 aliphatic heterocycles. The first-order chi connectivity index (χ1) is 13.6. The van der Waals surface area contributed by atoms with Gasteiger partial charge in [0.15, 0.2) is 5.82 Å². The van der Waals surface area contributed by atoms with Gasteiger partial charge in [-0.25, -0.2) is 9.97 Å². The summed E-state index contributed by atoms with van der Waals surface area (Å²) in [6, 6.07) is 10.1. The standard InChI is InChI=1S/C22H24N4OS/c1-26(2)19(27)14-23-21-20-16-10-6-7-11-17(16)28-22(20)25-18(24-21)13-12-15-8-4-3-5-9-15/h3-5,8-9,12-13H,6-7,10-11,14H2,1-2H3,(H,23,24,25)/b13-12+.